The Balaban J connectivity index is 1.41. The van der Waals surface area contributed by atoms with Crippen LogP contribution in [0.2, 0.25) is 0 Å². The summed E-state index contributed by atoms with van der Waals surface area (Å²) in [6.45, 7) is 6.01. The summed E-state index contributed by atoms with van der Waals surface area (Å²) in [6, 6.07) is 5.58. The van der Waals surface area contributed by atoms with E-state index in [0.717, 1.165) is 11.1 Å². The topological polar surface area (TPSA) is 98.8 Å². The quantitative estimate of drug-likeness (QED) is 0.672. The Morgan fingerprint density at radius 1 is 0.972 bits per heavy atom. The summed E-state index contributed by atoms with van der Waals surface area (Å²) in [7, 11) is 0. The number of amides is 3. The lowest BCUT2D eigenvalue weighted by Gasteiger charge is -2.34. The highest BCUT2D eigenvalue weighted by Gasteiger charge is 2.43. The highest BCUT2D eigenvalue weighted by Crippen LogP contribution is 2.26. The van der Waals surface area contributed by atoms with E-state index in [4.69, 9.17) is 4.74 Å². The lowest BCUT2D eigenvalue weighted by Crippen LogP contribution is -2.53. The van der Waals surface area contributed by atoms with E-state index in [1.165, 1.54) is 4.90 Å². The number of halogens is 3. The smallest absolute Gasteiger partial charge is 0.444 e. The molecule has 1 N–H and O–H groups in total. The van der Waals surface area contributed by atoms with Crippen LogP contribution in [0.5, 0.6) is 0 Å². The molecule has 0 unspecified atom stereocenters. The van der Waals surface area contributed by atoms with E-state index in [0.29, 0.717) is 35.4 Å². The van der Waals surface area contributed by atoms with Crippen molar-refractivity contribution in [3.63, 3.8) is 0 Å². The van der Waals surface area contributed by atoms with Gasteiger partial charge in [-0.1, -0.05) is 12.1 Å². The van der Waals surface area contributed by atoms with Crippen molar-refractivity contribution in [2.45, 2.75) is 39.0 Å². The van der Waals surface area contributed by atoms with Crippen LogP contribution in [-0.2, 0) is 9.53 Å². The third kappa shape index (κ3) is 5.63. The molecule has 0 saturated carbocycles. The standard InChI is InChI=1S/C24H28F3N5O4/c1-23(2,3)36-22(35)32-8-6-15(7-9-32)16-4-5-17-18(14-16)29-19(28-17)20(33)30-10-12-31(13-11-30)21(34)24(25,26)27/h4-6,14H,7-13H2,1-3H3,(H,28,29). The van der Waals surface area contributed by atoms with Crippen LogP contribution in [0.3, 0.4) is 0 Å². The van der Waals surface area contributed by atoms with Crippen molar-refractivity contribution in [3.8, 4) is 0 Å². The van der Waals surface area contributed by atoms with Crippen molar-refractivity contribution in [1.82, 2.24) is 24.7 Å². The third-order valence-corrected chi connectivity index (χ3v) is 6.01. The van der Waals surface area contributed by atoms with E-state index in [-0.39, 0.29) is 38.1 Å². The molecule has 0 radical (unpaired) electrons. The second kappa shape index (κ2) is 9.47. The summed E-state index contributed by atoms with van der Waals surface area (Å²) >= 11 is 0. The molecule has 0 spiro atoms. The van der Waals surface area contributed by atoms with Crippen molar-refractivity contribution >= 4 is 34.5 Å². The normalized spacial score (nSPS) is 17.3. The Kier molecular flexibility index (Phi) is 6.72. The van der Waals surface area contributed by atoms with E-state index in [9.17, 15) is 27.6 Å². The predicted octanol–water partition coefficient (Wildman–Crippen LogP) is 3.43. The number of ether oxygens (including phenoxy) is 1. The molecule has 9 nitrogen and oxygen atoms in total. The number of hydrogen-bond donors (Lipinski definition) is 1. The summed E-state index contributed by atoms with van der Waals surface area (Å²) in [6.07, 6.45) is -2.67. The van der Waals surface area contributed by atoms with Crippen LogP contribution in [0.4, 0.5) is 18.0 Å². The summed E-state index contributed by atoms with van der Waals surface area (Å²) in [5.74, 6) is -2.24. The van der Waals surface area contributed by atoms with Gasteiger partial charge in [0.2, 0.25) is 0 Å². The molecule has 3 amide bonds. The summed E-state index contributed by atoms with van der Waals surface area (Å²) in [5.41, 5.74) is 2.65. The predicted molar refractivity (Wildman–Crippen MR) is 125 cm³/mol. The zero-order valence-electron chi connectivity index (χ0n) is 20.3. The molecule has 12 heteroatoms. The van der Waals surface area contributed by atoms with Gasteiger partial charge in [0, 0.05) is 39.3 Å². The Bertz CT molecular complexity index is 1210. The number of fused-ring (bicyclic) bond motifs is 1. The number of aromatic nitrogens is 2. The first-order valence-electron chi connectivity index (χ1n) is 11.6. The Morgan fingerprint density at radius 2 is 1.64 bits per heavy atom. The van der Waals surface area contributed by atoms with Crippen LogP contribution in [0.25, 0.3) is 16.6 Å². The molecule has 2 aliphatic heterocycles. The Labute approximate surface area is 205 Å². The van der Waals surface area contributed by atoms with Gasteiger partial charge in [-0.15, -0.1) is 0 Å². The molecule has 2 aromatic rings. The third-order valence-electron chi connectivity index (χ3n) is 6.01. The second-order valence-electron chi connectivity index (χ2n) is 9.81. The first-order chi connectivity index (χ1) is 16.8. The maximum atomic E-state index is 12.9. The van der Waals surface area contributed by atoms with Gasteiger partial charge < -0.3 is 24.4 Å². The number of benzene rings is 1. The number of carbonyl (C=O) groups excluding carboxylic acids is 3. The number of hydrogen-bond acceptors (Lipinski definition) is 5. The van der Waals surface area contributed by atoms with Gasteiger partial charge in [0.15, 0.2) is 5.82 Å². The molecule has 4 rings (SSSR count). The van der Waals surface area contributed by atoms with Crippen molar-refractivity contribution in [1.29, 1.82) is 0 Å². The second-order valence-corrected chi connectivity index (χ2v) is 9.81. The molecule has 0 aliphatic carbocycles. The Hall–Kier alpha value is -3.57. The molecule has 0 bridgehead atoms. The van der Waals surface area contributed by atoms with Gasteiger partial charge in [0.05, 0.1) is 11.0 Å². The molecule has 1 aromatic carbocycles. The minimum Gasteiger partial charge on any atom is -0.444 e. The lowest BCUT2D eigenvalue weighted by atomic mass is 9.99. The zero-order valence-corrected chi connectivity index (χ0v) is 20.3. The largest absolute Gasteiger partial charge is 0.471 e. The van der Waals surface area contributed by atoms with E-state index in [2.05, 4.69) is 9.97 Å². The number of aromatic amines is 1. The average Bonchev–Trinajstić information content (AvgIpc) is 3.25. The van der Waals surface area contributed by atoms with Gasteiger partial charge in [-0.05, 0) is 50.5 Å². The molecule has 36 heavy (non-hydrogen) atoms. The minimum atomic E-state index is -4.93. The highest BCUT2D eigenvalue weighted by atomic mass is 19.4. The first-order valence-corrected chi connectivity index (χ1v) is 11.6. The number of H-pyrrole nitrogens is 1. The number of nitrogens with zero attached hydrogens (tertiary/aromatic N) is 4. The van der Waals surface area contributed by atoms with Crippen LogP contribution in [-0.4, -0.2) is 93.6 Å². The van der Waals surface area contributed by atoms with Crippen molar-refractivity contribution < 1.29 is 32.3 Å². The summed E-state index contributed by atoms with van der Waals surface area (Å²) in [4.78, 5) is 47.7. The fraction of sp³-hybridized carbons (Fsp3) is 0.500. The number of imidazole rings is 1. The maximum absolute atomic E-state index is 12.9. The van der Waals surface area contributed by atoms with E-state index < -0.39 is 23.6 Å². The van der Waals surface area contributed by atoms with Crippen LogP contribution in [0.15, 0.2) is 24.3 Å². The van der Waals surface area contributed by atoms with Gasteiger partial charge in [-0.3, -0.25) is 9.59 Å². The van der Waals surface area contributed by atoms with Crippen LogP contribution in [0.1, 0.15) is 43.4 Å². The molecule has 0 atom stereocenters. The fourth-order valence-electron chi connectivity index (χ4n) is 4.17. The molecule has 1 fully saturated rings. The van der Waals surface area contributed by atoms with Crippen molar-refractivity contribution in [2.75, 3.05) is 39.3 Å². The van der Waals surface area contributed by atoms with Crippen molar-refractivity contribution in [2.24, 2.45) is 0 Å². The van der Waals surface area contributed by atoms with Gasteiger partial charge >= 0.3 is 18.2 Å². The van der Waals surface area contributed by atoms with Crippen LogP contribution in [0, 0.1) is 0 Å². The van der Waals surface area contributed by atoms with E-state index in [1.807, 2.05) is 45.0 Å². The molecule has 194 valence electrons. The summed E-state index contributed by atoms with van der Waals surface area (Å²) < 4.78 is 43.3. The number of carbonyl (C=O) groups is 3. The van der Waals surface area contributed by atoms with Crippen LogP contribution >= 0.6 is 0 Å². The minimum absolute atomic E-state index is 0.00994. The lowest BCUT2D eigenvalue weighted by molar-refractivity contribution is -0.186. The maximum Gasteiger partial charge on any atom is 0.471 e. The number of rotatable bonds is 2. The first kappa shape index (κ1) is 25.5. The molecular weight excluding hydrogens is 479 g/mol. The molecule has 3 heterocycles. The SMILES string of the molecule is CC(C)(C)OC(=O)N1CC=C(c2ccc3[nH]c(C(=O)N4CCN(C(=O)C(F)(F)F)CC4)nc3c2)CC1. The molecule has 2 aliphatic rings. The summed E-state index contributed by atoms with van der Waals surface area (Å²) in [5, 5.41) is 0. The van der Waals surface area contributed by atoms with Crippen molar-refractivity contribution in [3.05, 3.63) is 35.7 Å². The van der Waals surface area contributed by atoms with Gasteiger partial charge in [-0.2, -0.15) is 13.2 Å². The van der Waals surface area contributed by atoms with E-state index >= 15 is 0 Å². The molecule has 1 aromatic heterocycles. The van der Waals surface area contributed by atoms with Gasteiger partial charge in [0.25, 0.3) is 5.91 Å². The Morgan fingerprint density at radius 3 is 2.22 bits per heavy atom. The van der Waals surface area contributed by atoms with Gasteiger partial charge in [-0.25, -0.2) is 9.78 Å². The van der Waals surface area contributed by atoms with Crippen LogP contribution < -0.4 is 0 Å². The number of piperazine rings is 1. The number of alkyl halides is 3. The monoisotopic (exact) mass is 507 g/mol. The highest BCUT2D eigenvalue weighted by molar-refractivity contribution is 5.95. The van der Waals surface area contributed by atoms with Gasteiger partial charge in [0.1, 0.15) is 5.60 Å². The zero-order chi connectivity index (χ0) is 26.3. The molecular formula is C24H28F3N5O4. The molecule has 1 saturated heterocycles. The average molecular weight is 508 g/mol. The fourth-order valence-corrected chi connectivity index (χ4v) is 4.17. The van der Waals surface area contributed by atoms with E-state index in [1.54, 1.807) is 4.90 Å². The number of nitrogens with one attached hydrogen (secondary N) is 1.